The molecule has 2 rings (SSSR count). The molecule has 2 heterocycles. The van der Waals surface area contributed by atoms with Crippen molar-refractivity contribution in [3.05, 3.63) is 6.33 Å². The maximum absolute atomic E-state index is 11.2. The zero-order valence-electron chi connectivity index (χ0n) is 13.6. The molecule has 0 aromatic carbocycles. The molecule has 23 heavy (non-hydrogen) atoms. The third-order valence-corrected chi connectivity index (χ3v) is 3.45. The Labute approximate surface area is 137 Å². The van der Waals surface area contributed by atoms with Gasteiger partial charge in [-0.3, -0.25) is 4.79 Å². The Bertz CT molecular complexity index is 661. The summed E-state index contributed by atoms with van der Waals surface area (Å²) >= 11 is 1.18. The monoisotopic (exact) mass is 338 g/mol. The van der Waals surface area contributed by atoms with E-state index in [-0.39, 0.29) is 11.7 Å². The highest BCUT2D eigenvalue weighted by Crippen LogP contribution is 2.15. The molecule has 0 radical (unpaired) electrons. The summed E-state index contributed by atoms with van der Waals surface area (Å²) in [6, 6.07) is 0. The van der Waals surface area contributed by atoms with Gasteiger partial charge in [0.15, 0.2) is 0 Å². The van der Waals surface area contributed by atoms with E-state index in [4.69, 9.17) is 0 Å². The van der Waals surface area contributed by atoms with Crippen molar-refractivity contribution in [2.45, 2.75) is 5.16 Å². The van der Waals surface area contributed by atoms with Gasteiger partial charge in [-0.15, -0.1) is 5.10 Å². The Balaban J connectivity index is 2.27. The van der Waals surface area contributed by atoms with Crippen molar-refractivity contribution in [1.29, 1.82) is 0 Å². The predicted octanol–water partition coefficient (Wildman–Crippen LogP) is -0.151. The van der Waals surface area contributed by atoms with E-state index in [2.05, 4.69) is 29.8 Å². The smallest absolute Gasteiger partial charge is 0.316 e. The second kappa shape index (κ2) is 7.22. The van der Waals surface area contributed by atoms with Crippen LogP contribution >= 0.6 is 11.8 Å². The number of nitrogens with zero attached hydrogens (tertiary/aromatic N) is 8. The summed E-state index contributed by atoms with van der Waals surface area (Å²) in [6.45, 7) is 0. The zero-order valence-corrected chi connectivity index (χ0v) is 14.4. The quantitative estimate of drug-likeness (QED) is 0.522. The first-order valence-electron chi connectivity index (χ1n) is 6.63. The first-order valence-corrected chi connectivity index (χ1v) is 7.61. The lowest BCUT2D eigenvalue weighted by atomic mass is 10.7. The first-order chi connectivity index (χ1) is 10.9. The highest BCUT2D eigenvalue weighted by atomic mass is 32.2. The summed E-state index contributed by atoms with van der Waals surface area (Å²) in [4.78, 5) is 31.9. The highest BCUT2D eigenvalue weighted by Gasteiger charge is 2.13. The van der Waals surface area contributed by atoms with Crippen LogP contribution in [0.4, 0.5) is 11.9 Å². The van der Waals surface area contributed by atoms with Gasteiger partial charge in [0.1, 0.15) is 6.33 Å². The highest BCUT2D eigenvalue weighted by molar-refractivity contribution is 7.99. The van der Waals surface area contributed by atoms with Crippen LogP contribution in [0.2, 0.25) is 0 Å². The van der Waals surface area contributed by atoms with Crippen LogP contribution in [-0.2, 0) is 9.53 Å². The Morgan fingerprint density at radius 2 is 1.78 bits per heavy atom. The number of rotatable bonds is 6. The number of thioether (sulfide) groups is 1. The number of carbonyl (C=O) groups excluding carboxylic acids is 1. The fourth-order valence-corrected chi connectivity index (χ4v) is 2.07. The van der Waals surface area contributed by atoms with Crippen molar-refractivity contribution in [1.82, 2.24) is 29.7 Å². The van der Waals surface area contributed by atoms with E-state index >= 15 is 0 Å². The Morgan fingerprint density at radius 3 is 2.30 bits per heavy atom. The average Bonchev–Trinajstić information content (AvgIpc) is 3.01. The molecule has 10 nitrogen and oxygen atoms in total. The molecule has 11 heteroatoms. The summed E-state index contributed by atoms with van der Waals surface area (Å²) in [5.74, 6) is 1.18. The van der Waals surface area contributed by atoms with Gasteiger partial charge in [0.25, 0.3) is 5.95 Å². The molecule has 0 amide bonds. The molecule has 0 N–H and O–H groups in total. The summed E-state index contributed by atoms with van der Waals surface area (Å²) in [6.07, 6.45) is 1.49. The molecule has 124 valence electrons. The van der Waals surface area contributed by atoms with Crippen molar-refractivity contribution in [2.24, 2.45) is 0 Å². The normalized spacial score (nSPS) is 10.5. The number of hydrogen-bond donors (Lipinski definition) is 0. The van der Waals surface area contributed by atoms with E-state index in [1.807, 2.05) is 28.2 Å². The molecule has 0 saturated heterocycles. The maximum Gasteiger partial charge on any atom is 0.316 e. The standard InChI is InChI=1S/C12H18N8O2S/c1-18(2)9-14-10(19(3)4)16-11(15-9)20-7-13-12(17-20)23-6-8(21)22-5/h7H,6H2,1-5H3. The molecule has 0 atom stereocenters. The van der Waals surface area contributed by atoms with Crippen LogP contribution in [0.3, 0.4) is 0 Å². The fraction of sp³-hybridized carbons (Fsp3) is 0.500. The number of aromatic nitrogens is 6. The first kappa shape index (κ1) is 16.9. The summed E-state index contributed by atoms with van der Waals surface area (Å²) in [5, 5.41) is 4.70. The molecule has 0 bridgehead atoms. The topological polar surface area (TPSA) is 102 Å². The molecule has 0 fully saturated rings. The van der Waals surface area contributed by atoms with Gasteiger partial charge in [-0.2, -0.15) is 19.6 Å². The van der Waals surface area contributed by atoms with Crippen LogP contribution in [-0.4, -0.2) is 76.7 Å². The van der Waals surface area contributed by atoms with Gasteiger partial charge in [-0.25, -0.2) is 4.98 Å². The SMILES string of the molecule is COC(=O)CSc1ncn(-c2nc(N(C)C)nc(N(C)C)n2)n1. The summed E-state index contributed by atoms with van der Waals surface area (Å²) in [7, 11) is 8.72. The van der Waals surface area contributed by atoms with Gasteiger partial charge < -0.3 is 14.5 Å². The van der Waals surface area contributed by atoms with E-state index < -0.39 is 0 Å². The second-order valence-electron chi connectivity index (χ2n) is 4.86. The van der Waals surface area contributed by atoms with Crippen molar-refractivity contribution in [3.8, 4) is 5.95 Å². The molecule has 0 aliphatic rings. The second-order valence-corrected chi connectivity index (χ2v) is 5.80. The van der Waals surface area contributed by atoms with Crippen LogP contribution in [0.15, 0.2) is 11.5 Å². The van der Waals surface area contributed by atoms with E-state index in [0.717, 1.165) is 0 Å². The average molecular weight is 338 g/mol. The van der Waals surface area contributed by atoms with Gasteiger partial charge in [0.2, 0.25) is 17.1 Å². The van der Waals surface area contributed by atoms with Gasteiger partial charge in [-0.05, 0) is 0 Å². The Morgan fingerprint density at radius 1 is 1.17 bits per heavy atom. The number of methoxy groups -OCH3 is 1. The van der Waals surface area contributed by atoms with Gasteiger partial charge >= 0.3 is 5.97 Å². The third-order valence-electron chi connectivity index (χ3n) is 2.62. The summed E-state index contributed by atoms with van der Waals surface area (Å²) in [5.41, 5.74) is 0. The maximum atomic E-state index is 11.2. The lowest BCUT2D eigenvalue weighted by molar-refractivity contribution is -0.137. The zero-order chi connectivity index (χ0) is 17.0. The van der Waals surface area contributed by atoms with Gasteiger partial charge in [0.05, 0.1) is 12.9 Å². The lowest BCUT2D eigenvalue weighted by Crippen LogP contribution is -2.20. The molecule has 0 aliphatic carbocycles. The van der Waals surface area contributed by atoms with Crippen molar-refractivity contribution < 1.29 is 9.53 Å². The van der Waals surface area contributed by atoms with Crippen LogP contribution in [0.25, 0.3) is 5.95 Å². The number of hydrogen-bond acceptors (Lipinski definition) is 10. The third kappa shape index (κ3) is 4.28. The van der Waals surface area contributed by atoms with Crippen LogP contribution in [0.1, 0.15) is 0 Å². The van der Waals surface area contributed by atoms with Crippen molar-refractivity contribution in [3.63, 3.8) is 0 Å². The van der Waals surface area contributed by atoms with E-state index in [9.17, 15) is 4.79 Å². The van der Waals surface area contributed by atoms with Gasteiger partial charge in [0, 0.05) is 28.2 Å². The van der Waals surface area contributed by atoms with E-state index in [0.29, 0.717) is 23.0 Å². The minimum atomic E-state index is -0.337. The lowest BCUT2D eigenvalue weighted by Gasteiger charge is -2.15. The molecule has 0 saturated carbocycles. The number of esters is 1. The minimum Gasteiger partial charge on any atom is -0.468 e. The number of anilines is 2. The molecule has 0 aliphatic heterocycles. The van der Waals surface area contributed by atoms with Crippen molar-refractivity contribution in [2.75, 3.05) is 50.9 Å². The molecule has 2 aromatic rings. The minimum absolute atomic E-state index is 0.142. The largest absolute Gasteiger partial charge is 0.468 e. The Kier molecular flexibility index (Phi) is 5.32. The molecule has 0 spiro atoms. The van der Waals surface area contributed by atoms with E-state index in [1.165, 1.54) is 29.9 Å². The number of carbonyl (C=O) groups is 1. The van der Waals surface area contributed by atoms with Crippen molar-refractivity contribution >= 4 is 29.6 Å². The van der Waals surface area contributed by atoms with Crippen LogP contribution in [0.5, 0.6) is 0 Å². The van der Waals surface area contributed by atoms with Gasteiger partial charge in [-0.1, -0.05) is 11.8 Å². The predicted molar refractivity (Wildman–Crippen MR) is 86.1 cm³/mol. The molecule has 2 aromatic heterocycles. The molecular weight excluding hydrogens is 320 g/mol. The summed E-state index contributed by atoms with van der Waals surface area (Å²) < 4.78 is 6.03. The van der Waals surface area contributed by atoms with Crippen LogP contribution in [0, 0.1) is 0 Å². The Hall–Kier alpha value is -2.43. The van der Waals surface area contributed by atoms with E-state index in [1.54, 1.807) is 9.80 Å². The number of ether oxygens (including phenoxy) is 1. The molecular formula is C12H18N8O2S. The fourth-order valence-electron chi connectivity index (χ4n) is 1.44. The molecule has 0 unspecified atom stereocenters. The van der Waals surface area contributed by atoms with Crippen LogP contribution < -0.4 is 9.80 Å².